The molecule has 36 heavy (non-hydrogen) atoms. The van der Waals surface area contributed by atoms with Crippen molar-refractivity contribution in [2.75, 3.05) is 22.9 Å². The van der Waals surface area contributed by atoms with Gasteiger partial charge in [-0.1, -0.05) is 47.5 Å². The Hall–Kier alpha value is -2.22. The third-order valence-corrected chi connectivity index (χ3v) is 8.08. The standard InChI is InChI=1S/C29H29Cl2N4.HI/c1-4-32-26-17-22(30)23(31)18-27(26)33(5-2)28(32)12-11-19-13-14-35-25-16-21-10-8-7-9-20(21)15-24(25)34(6-3)29(19)35;/h7-12,15-18H,4-6,13-14H2,1-3H3;1H/q+1;/p-1. The molecule has 2 aliphatic rings. The Morgan fingerprint density at radius 1 is 0.833 bits per heavy atom. The van der Waals surface area contributed by atoms with Gasteiger partial charge in [0.25, 0.3) is 5.82 Å². The molecule has 7 heteroatoms. The number of nitrogens with zero attached hydrogens (tertiary/aromatic N) is 4. The molecule has 186 valence electrons. The minimum absolute atomic E-state index is 0. The Kier molecular flexibility index (Phi) is 7.01. The maximum Gasteiger partial charge on any atom is 0.285 e. The van der Waals surface area contributed by atoms with Crippen molar-refractivity contribution in [2.24, 2.45) is 0 Å². The molecule has 1 aromatic heterocycles. The van der Waals surface area contributed by atoms with Crippen LogP contribution in [0.25, 0.3) is 27.4 Å². The zero-order chi connectivity index (χ0) is 24.3. The molecule has 4 nitrogen and oxygen atoms in total. The molecule has 0 bridgehead atoms. The zero-order valence-corrected chi connectivity index (χ0v) is 24.4. The van der Waals surface area contributed by atoms with Crippen LogP contribution in [0.5, 0.6) is 0 Å². The molecule has 3 aromatic carbocycles. The van der Waals surface area contributed by atoms with E-state index in [9.17, 15) is 0 Å². The topological polar surface area (TPSA) is 15.3 Å². The number of aromatic nitrogens is 2. The molecule has 2 aliphatic heterocycles. The van der Waals surface area contributed by atoms with Gasteiger partial charge in [-0.25, -0.2) is 9.13 Å². The summed E-state index contributed by atoms with van der Waals surface area (Å²) in [6, 6.07) is 17.3. The van der Waals surface area contributed by atoms with E-state index in [1.54, 1.807) is 0 Å². The van der Waals surface area contributed by atoms with Gasteiger partial charge >= 0.3 is 0 Å². The van der Waals surface area contributed by atoms with Crippen LogP contribution in [0.3, 0.4) is 0 Å². The van der Waals surface area contributed by atoms with Crippen LogP contribution < -0.4 is 38.3 Å². The molecule has 0 spiro atoms. The molecule has 0 saturated carbocycles. The number of hydrogen-bond donors (Lipinski definition) is 0. The first-order valence-electron chi connectivity index (χ1n) is 12.5. The largest absolute Gasteiger partial charge is 1.00 e. The summed E-state index contributed by atoms with van der Waals surface area (Å²) >= 11 is 12.8. The Balaban J connectivity index is 0.00000267. The second-order valence-corrected chi connectivity index (χ2v) is 9.93. The van der Waals surface area contributed by atoms with E-state index >= 15 is 0 Å². The van der Waals surface area contributed by atoms with E-state index < -0.39 is 0 Å². The van der Waals surface area contributed by atoms with Crippen molar-refractivity contribution in [3.8, 4) is 0 Å². The Morgan fingerprint density at radius 2 is 1.44 bits per heavy atom. The first-order chi connectivity index (χ1) is 17.0. The highest BCUT2D eigenvalue weighted by molar-refractivity contribution is 6.42. The van der Waals surface area contributed by atoms with E-state index in [0.29, 0.717) is 10.0 Å². The Morgan fingerprint density at radius 3 is 2.03 bits per heavy atom. The second-order valence-electron chi connectivity index (χ2n) is 9.12. The molecule has 0 radical (unpaired) electrons. The molecular formula is C29H29Cl2IN4. The van der Waals surface area contributed by atoms with E-state index in [0.717, 1.165) is 44.0 Å². The van der Waals surface area contributed by atoms with Crippen LogP contribution in [0.2, 0.25) is 10.0 Å². The summed E-state index contributed by atoms with van der Waals surface area (Å²) in [5.41, 5.74) is 6.23. The number of benzene rings is 3. The summed E-state index contributed by atoms with van der Waals surface area (Å²) in [6.45, 7) is 10.3. The van der Waals surface area contributed by atoms with Crippen LogP contribution in [0.4, 0.5) is 11.4 Å². The maximum atomic E-state index is 6.39. The van der Waals surface area contributed by atoms with Crippen LogP contribution in [-0.2, 0) is 13.1 Å². The average molecular weight is 631 g/mol. The normalized spacial score (nSPS) is 15.7. The number of rotatable bonds is 4. The molecule has 3 heterocycles. The number of fused-ring (bicyclic) bond motifs is 5. The third-order valence-electron chi connectivity index (χ3n) is 7.36. The maximum absolute atomic E-state index is 6.39. The molecule has 0 unspecified atom stereocenters. The summed E-state index contributed by atoms with van der Waals surface area (Å²) in [5.74, 6) is 2.49. The van der Waals surface area contributed by atoms with Gasteiger partial charge in [-0.3, -0.25) is 0 Å². The summed E-state index contributed by atoms with van der Waals surface area (Å²) in [4.78, 5) is 4.65. The lowest BCUT2D eigenvalue weighted by Crippen LogP contribution is -3.00. The number of halogens is 3. The van der Waals surface area contributed by atoms with Gasteiger partial charge in [-0.2, -0.15) is 0 Å². The first-order valence-corrected chi connectivity index (χ1v) is 13.2. The Labute approximate surface area is 239 Å². The smallest absolute Gasteiger partial charge is 0.285 e. The van der Waals surface area contributed by atoms with E-state index in [1.165, 1.54) is 39.0 Å². The number of allylic oxidation sites excluding steroid dienone is 3. The minimum atomic E-state index is 0. The monoisotopic (exact) mass is 630 g/mol. The predicted molar refractivity (Wildman–Crippen MR) is 148 cm³/mol. The summed E-state index contributed by atoms with van der Waals surface area (Å²) in [7, 11) is 0. The van der Waals surface area contributed by atoms with E-state index in [1.807, 2.05) is 12.1 Å². The van der Waals surface area contributed by atoms with Gasteiger partial charge in [0.2, 0.25) is 0 Å². The number of anilines is 2. The first kappa shape index (κ1) is 25.4. The van der Waals surface area contributed by atoms with Crippen LogP contribution in [0.1, 0.15) is 33.0 Å². The highest BCUT2D eigenvalue weighted by Gasteiger charge is 2.34. The number of hydrogen-bond acceptors (Lipinski definition) is 2. The lowest BCUT2D eigenvalue weighted by molar-refractivity contribution is -0.664. The van der Waals surface area contributed by atoms with E-state index in [-0.39, 0.29) is 24.0 Å². The fourth-order valence-electron chi connectivity index (χ4n) is 5.79. The fraction of sp³-hybridized carbons (Fsp3) is 0.276. The van der Waals surface area contributed by atoms with Gasteiger partial charge in [-0.05, 0) is 68.0 Å². The molecule has 0 saturated heterocycles. The van der Waals surface area contributed by atoms with Crippen LogP contribution in [-0.4, -0.2) is 17.7 Å². The van der Waals surface area contributed by atoms with Crippen molar-refractivity contribution in [2.45, 2.75) is 40.3 Å². The fourth-order valence-corrected chi connectivity index (χ4v) is 6.10. The molecule has 0 atom stereocenters. The van der Waals surface area contributed by atoms with Crippen molar-refractivity contribution in [1.29, 1.82) is 0 Å². The van der Waals surface area contributed by atoms with E-state index in [2.05, 4.69) is 88.3 Å². The molecular weight excluding hydrogens is 602 g/mol. The highest BCUT2D eigenvalue weighted by Crippen LogP contribution is 2.45. The molecule has 0 fully saturated rings. The lowest BCUT2D eigenvalue weighted by Gasteiger charge is -2.23. The quantitative estimate of drug-likeness (QED) is 0.245. The average Bonchev–Trinajstić information content (AvgIpc) is 3.50. The highest BCUT2D eigenvalue weighted by atomic mass is 127. The number of imidazole rings is 1. The van der Waals surface area contributed by atoms with Crippen LogP contribution in [0, 0.1) is 0 Å². The van der Waals surface area contributed by atoms with Gasteiger partial charge in [0, 0.05) is 25.1 Å². The van der Waals surface area contributed by atoms with Gasteiger partial charge in [0.05, 0.1) is 34.5 Å². The van der Waals surface area contributed by atoms with Crippen molar-refractivity contribution in [1.82, 2.24) is 4.57 Å². The number of aryl methyl sites for hydroxylation is 2. The Bertz CT molecular complexity index is 1480. The molecule has 0 N–H and O–H groups in total. The molecule has 6 rings (SSSR count). The van der Waals surface area contributed by atoms with E-state index in [4.69, 9.17) is 23.2 Å². The van der Waals surface area contributed by atoms with Crippen molar-refractivity contribution < 1.29 is 28.5 Å². The third kappa shape index (κ3) is 3.82. The lowest BCUT2D eigenvalue weighted by atomic mass is 10.1. The summed E-state index contributed by atoms with van der Waals surface area (Å²) in [6.07, 6.45) is 5.62. The zero-order valence-electron chi connectivity index (χ0n) is 20.7. The van der Waals surface area contributed by atoms with Crippen molar-refractivity contribution in [3.63, 3.8) is 0 Å². The van der Waals surface area contributed by atoms with Crippen molar-refractivity contribution in [3.05, 3.63) is 82.4 Å². The van der Waals surface area contributed by atoms with Crippen molar-refractivity contribution >= 4 is 62.0 Å². The van der Waals surface area contributed by atoms with Crippen LogP contribution >= 0.6 is 23.2 Å². The molecule has 0 aliphatic carbocycles. The second kappa shape index (κ2) is 9.92. The van der Waals surface area contributed by atoms with Crippen LogP contribution in [0.15, 0.2) is 66.5 Å². The summed E-state index contributed by atoms with van der Waals surface area (Å²) < 4.78 is 4.96. The molecule has 4 aromatic rings. The SMILES string of the molecule is CCN1C(=CC=C2CC[n+]3c2n(CC)c2cc4ccccc4cc23)N(CC)c2cc(Cl)c(Cl)cc21.[I-]. The van der Waals surface area contributed by atoms with Gasteiger partial charge in [0.1, 0.15) is 5.82 Å². The van der Waals surface area contributed by atoms with Gasteiger partial charge < -0.3 is 33.8 Å². The predicted octanol–water partition coefficient (Wildman–Crippen LogP) is 4.41. The molecule has 0 amide bonds. The van der Waals surface area contributed by atoms with Gasteiger partial charge in [-0.15, -0.1) is 0 Å². The van der Waals surface area contributed by atoms with Gasteiger partial charge in [0.15, 0.2) is 11.0 Å². The minimum Gasteiger partial charge on any atom is -1.00 e. The summed E-state index contributed by atoms with van der Waals surface area (Å²) in [5, 5.41) is 3.77.